The molecule has 2 rings (SSSR count). The zero-order valence-electron chi connectivity index (χ0n) is 10.2. The highest BCUT2D eigenvalue weighted by Crippen LogP contribution is 2.27. The summed E-state index contributed by atoms with van der Waals surface area (Å²) in [5.41, 5.74) is 3.65. The van der Waals surface area contributed by atoms with Crippen LogP contribution in [0.15, 0.2) is 18.2 Å². The SMILES string of the molecule is CNC1CCc2c(cccc2NC(C)=O)C1.Cl. The maximum Gasteiger partial charge on any atom is 0.221 e. The maximum atomic E-state index is 11.1. The quantitative estimate of drug-likeness (QED) is 0.849. The molecule has 0 spiro atoms. The molecule has 0 fully saturated rings. The minimum absolute atomic E-state index is 0. The summed E-state index contributed by atoms with van der Waals surface area (Å²) in [6.07, 6.45) is 3.23. The molecular formula is C13H19ClN2O. The van der Waals surface area contributed by atoms with Crippen LogP contribution in [0.5, 0.6) is 0 Å². The predicted molar refractivity (Wildman–Crippen MR) is 72.9 cm³/mol. The van der Waals surface area contributed by atoms with Gasteiger partial charge in [0.15, 0.2) is 0 Å². The molecule has 2 N–H and O–H groups in total. The number of nitrogens with one attached hydrogen (secondary N) is 2. The first kappa shape index (κ1) is 14.0. The van der Waals surface area contributed by atoms with Gasteiger partial charge in [0.05, 0.1) is 0 Å². The van der Waals surface area contributed by atoms with Crippen LogP contribution in [0, 0.1) is 0 Å². The van der Waals surface area contributed by atoms with Crippen LogP contribution in [-0.2, 0) is 17.6 Å². The van der Waals surface area contributed by atoms with Crippen molar-refractivity contribution >= 4 is 24.0 Å². The van der Waals surface area contributed by atoms with Gasteiger partial charge in [0.2, 0.25) is 5.91 Å². The summed E-state index contributed by atoms with van der Waals surface area (Å²) in [7, 11) is 2.01. The number of hydrogen-bond acceptors (Lipinski definition) is 2. The molecule has 1 aliphatic carbocycles. The molecule has 0 radical (unpaired) electrons. The fourth-order valence-corrected chi connectivity index (χ4v) is 2.36. The summed E-state index contributed by atoms with van der Waals surface area (Å²) in [4.78, 5) is 11.1. The Labute approximate surface area is 108 Å². The van der Waals surface area contributed by atoms with Gasteiger partial charge in [-0.05, 0) is 43.5 Å². The Morgan fingerprint density at radius 1 is 1.41 bits per heavy atom. The van der Waals surface area contributed by atoms with E-state index in [-0.39, 0.29) is 18.3 Å². The van der Waals surface area contributed by atoms with E-state index >= 15 is 0 Å². The molecule has 17 heavy (non-hydrogen) atoms. The Hall–Kier alpha value is -1.06. The third kappa shape index (κ3) is 3.20. The smallest absolute Gasteiger partial charge is 0.221 e. The molecule has 1 aromatic carbocycles. The molecule has 94 valence electrons. The van der Waals surface area contributed by atoms with Crippen LogP contribution < -0.4 is 10.6 Å². The fourth-order valence-electron chi connectivity index (χ4n) is 2.36. The zero-order chi connectivity index (χ0) is 11.5. The second kappa shape index (κ2) is 6.03. The van der Waals surface area contributed by atoms with Gasteiger partial charge in [-0.25, -0.2) is 0 Å². The first-order valence-electron chi connectivity index (χ1n) is 5.76. The van der Waals surface area contributed by atoms with Gasteiger partial charge < -0.3 is 10.6 Å². The molecule has 1 atom stereocenters. The van der Waals surface area contributed by atoms with Crippen molar-refractivity contribution in [3.63, 3.8) is 0 Å². The van der Waals surface area contributed by atoms with Gasteiger partial charge >= 0.3 is 0 Å². The monoisotopic (exact) mass is 254 g/mol. The Morgan fingerprint density at radius 2 is 2.18 bits per heavy atom. The van der Waals surface area contributed by atoms with E-state index < -0.39 is 0 Å². The number of carbonyl (C=O) groups is 1. The average molecular weight is 255 g/mol. The first-order valence-corrected chi connectivity index (χ1v) is 5.76. The first-order chi connectivity index (χ1) is 7.70. The van der Waals surface area contributed by atoms with E-state index in [1.807, 2.05) is 19.2 Å². The van der Waals surface area contributed by atoms with Gasteiger partial charge in [-0.1, -0.05) is 12.1 Å². The second-order valence-corrected chi connectivity index (χ2v) is 4.35. The van der Waals surface area contributed by atoms with Crippen LogP contribution in [0.3, 0.4) is 0 Å². The van der Waals surface area contributed by atoms with E-state index in [0.29, 0.717) is 6.04 Å². The summed E-state index contributed by atoms with van der Waals surface area (Å²) in [6, 6.07) is 6.73. The molecular weight excluding hydrogens is 236 g/mol. The zero-order valence-corrected chi connectivity index (χ0v) is 11.1. The van der Waals surface area contributed by atoms with Gasteiger partial charge in [0.25, 0.3) is 0 Å². The topological polar surface area (TPSA) is 41.1 Å². The van der Waals surface area contributed by atoms with Gasteiger partial charge in [-0.3, -0.25) is 4.79 Å². The molecule has 1 aliphatic rings. The molecule has 1 unspecified atom stereocenters. The van der Waals surface area contributed by atoms with E-state index in [0.717, 1.165) is 24.9 Å². The number of rotatable bonds is 2. The number of halogens is 1. The van der Waals surface area contributed by atoms with Crippen LogP contribution >= 0.6 is 12.4 Å². The molecule has 0 saturated heterocycles. The number of benzene rings is 1. The summed E-state index contributed by atoms with van der Waals surface area (Å²) < 4.78 is 0. The lowest BCUT2D eigenvalue weighted by Crippen LogP contribution is -2.31. The number of anilines is 1. The molecule has 0 aliphatic heterocycles. The second-order valence-electron chi connectivity index (χ2n) is 4.35. The van der Waals surface area contributed by atoms with Crippen molar-refractivity contribution < 1.29 is 4.79 Å². The lowest BCUT2D eigenvalue weighted by molar-refractivity contribution is -0.114. The van der Waals surface area contributed by atoms with E-state index in [9.17, 15) is 4.79 Å². The van der Waals surface area contributed by atoms with Crippen LogP contribution in [0.2, 0.25) is 0 Å². The summed E-state index contributed by atoms with van der Waals surface area (Å²) >= 11 is 0. The normalized spacial score (nSPS) is 17.9. The number of amides is 1. The van der Waals surface area contributed by atoms with Crippen molar-refractivity contribution in [2.24, 2.45) is 0 Å². The number of likely N-dealkylation sites (N-methyl/N-ethyl adjacent to an activating group) is 1. The minimum atomic E-state index is 0. The third-order valence-corrected chi connectivity index (χ3v) is 3.20. The van der Waals surface area contributed by atoms with Crippen molar-refractivity contribution in [2.75, 3.05) is 12.4 Å². The highest BCUT2D eigenvalue weighted by atomic mass is 35.5. The fraction of sp³-hybridized carbons (Fsp3) is 0.462. The average Bonchev–Trinajstić information content (AvgIpc) is 2.28. The van der Waals surface area contributed by atoms with Crippen molar-refractivity contribution in [2.45, 2.75) is 32.2 Å². The number of fused-ring (bicyclic) bond motifs is 1. The summed E-state index contributed by atoms with van der Waals surface area (Å²) in [5.74, 6) is 0.00383. The largest absolute Gasteiger partial charge is 0.326 e. The summed E-state index contributed by atoms with van der Waals surface area (Å²) in [5, 5.41) is 6.22. The lowest BCUT2D eigenvalue weighted by Gasteiger charge is -2.26. The highest BCUT2D eigenvalue weighted by molar-refractivity contribution is 5.89. The summed E-state index contributed by atoms with van der Waals surface area (Å²) in [6.45, 7) is 1.55. The molecule has 0 bridgehead atoms. The predicted octanol–water partition coefficient (Wildman–Crippen LogP) is 2.14. The van der Waals surface area contributed by atoms with E-state index in [1.165, 1.54) is 11.1 Å². The van der Waals surface area contributed by atoms with E-state index in [1.54, 1.807) is 6.92 Å². The van der Waals surface area contributed by atoms with Crippen LogP contribution in [0.1, 0.15) is 24.5 Å². The maximum absolute atomic E-state index is 11.1. The molecule has 0 saturated carbocycles. The minimum Gasteiger partial charge on any atom is -0.326 e. The Bertz CT molecular complexity index is 406. The number of hydrogen-bond donors (Lipinski definition) is 2. The molecule has 3 nitrogen and oxygen atoms in total. The third-order valence-electron chi connectivity index (χ3n) is 3.20. The molecule has 1 amide bonds. The molecule has 1 aromatic rings. The Morgan fingerprint density at radius 3 is 2.82 bits per heavy atom. The van der Waals surface area contributed by atoms with Gasteiger partial charge in [0, 0.05) is 18.7 Å². The van der Waals surface area contributed by atoms with Gasteiger partial charge in [-0.15, -0.1) is 12.4 Å². The van der Waals surface area contributed by atoms with Crippen molar-refractivity contribution in [3.05, 3.63) is 29.3 Å². The van der Waals surface area contributed by atoms with E-state index in [2.05, 4.69) is 16.7 Å². The lowest BCUT2D eigenvalue weighted by atomic mass is 9.87. The van der Waals surface area contributed by atoms with Crippen LogP contribution in [0.25, 0.3) is 0 Å². The van der Waals surface area contributed by atoms with Crippen molar-refractivity contribution in [1.82, 2.24) is 5.32 Å². The van der Waals surface area contributed by atoms with Crippen molar-refractivity contribution in [3.8, 4) is 0 Å². The van der Waals surface area contributed by atoms with E-state index in [4.69, 9.17) is 0 Å². The van der Waals surface area contributed by atoms with Gasteiger partial charge in [-0.2, -0.15) is 0 Å². The molecule has 0 heterocycles. The van der Waals surface area contributed by atoms with Gasteiger partial charge in [0.1, 0.15) is 0 Å². The van der Waals surface area contributed by atoms with Crippen LogP contribution in [0.4, 0.5) is 5.69 Å². The van der Waals surface area contributed by atoms with Crippen molar-refractivity contribution in [1.29, 1.82) is 0 Å². The van der Waals surface area contributed by atoms with Crippen LogP contribution in [-0.4, -0.2) is 19.0 Å². The standard InChI is InChI=1S/C13H18N2O.ClH/c1-9(16)15-13-5-3-4-10-8-11(14-2)6-7-12(10)13;/h3-5,11,14H,6-8H2,1-2H3,(H,15,16);1H. The molecule has 0 aromatic heterocycles. The Balaban J connectivity index is 0.00000144. The Kier molecular flexibility index (Phi) is 4.97. The number of carbonyl (C=O) groups excluding carboxylic acids is 1. The highest BCUT2D eigenvalue weighted by Gasteiger charge is 2.19. The molecule has 4 heteroatoms.